The maximum absolute atomic E-state index is 13.4. The lowest BCUT2D eigenvalue weighted by molar-refractivity contribution is -0.163. The number of benzene rings is 4. The second kappa shape index (κ2) is 25.1. The first-order chi connectivity index (χ1) is 33.5. The third-order valence-corrected chi connectivity index (χ3v) is 13.0. The summed E-state index contributed by atoms with van der Waals surface area (Å²) < 4.78 is 17.0. The lowest BCUT2D eigenvalue weighted by atomic mass is 10.0. The van der Waals surface area contributed by atoms with Crippen LogP contribution < -0.4 is 53.7 Å². The van der Waals surface area contributed by atoms with E-state index >= 15 is 0 Å². The van der Waals surface area contributed by atoms with Crippen LogP contribution in [0.2, 0.25) is 0 Å². The van der Waals surface area contributed by atoms with Crippen molar-refractivity contribution in [3.63, 3.8) is 0 Å². The maximum atomic E-state index is 13.4. The number of ether oxygens (including phenoxy) is 3. The number of amides is 6. The molecule has 4 aromatic carbocycles. The van der Waals surface area contributed by atoms with E-state index in [9.17, 15) is 38.4 Å². The summed E-state index contributed by atoms with van der Waals surface area (Å²) in [4.78, 5) is 104. The molecule has 2 heterocycles. The van der Waals surface area contributed by atoms with Gasteiger partial charge in [0, 0.05) is 12.3 Å². The van der Waals surface area contributed by atoms with Crippen molar-refractivity contribution >= 4 is 88.2 Å². The molecule has 0 bridgehead atoms. The molecule has 0 saturated carbocycles. The fraction of sp³-hybridized carbons (Fsp3) is 0.298. The smallest absolute Gasteiger partial charge is 0.337 e. The van der Waals surface area contributed by atoms with Crippen molar-refractivity contribution in [2.75, 3.05) is 12.3 Å². The number of carbonyl (C=O) groups is 8. The zero-order chi connectivity index (χ0) is 50.3. The summed E-state index contributed by atoms with van der Waals surface area (Å²) in [6.07, 6.45) is 1.11. The molecule has 12 N–H and O–H groups in total. The van der Waals surface area contributed by atoms with Crippen LogP contribution in [0.25, 0.3) is 0 Å². The summed E-state index contributed by atoms with van der Waals surface area (Å²) in [5, 5.41) is 7.91. The first-order valence-electron chi connectivity index (χ1n) is 21.8. The molecule has 4 aromatic rings. The number of aliphatic imine (C=N–C) groups is 1. The summed E-state index contributed by atoms with van der Waals surface area (Å²) in [5.74, 6) is -2.62. The van der Waals surface area contributed by atoms with Gasteiger partial charge in [0.15, 0.2) is 5.96 Å². The third kappa shape index (κ3) is 15.8. The summed E-state index contributed by atoms with van der Waals surface area (Å²) in [6.45, 7) is 0.103. The molecule has 2 aliphatic heterocycles. The highest BCUT2D eigenvalue weighted by Crippen LogP contribution is 2.28. The number of thiol groups is 1. The van der Waals surface area contributed by atoms with Crippen LogP contribution in [0.4, 0.5) is 9.59 Å². The average molecular weight is 1010 g/mol. The fourth-order valence-corrected chi connectivity index (χ4v) is 8.91. The molecule has 368 valence electrons. The van der Waals surface area contributed by atoms with E-state index in [0.29, 0.717) is 47.0 Å². The molecule has 0 aliphatic carbocycles. The van der Waals surface area contributed by atoms with Crippen LogP contribution in [0, 0.1) is 0 Å². The largest absolute Gasteiger partial charge is 0.457 e. The average Bonchev–Trinajstić information content (AvgIpc) is 3.83. The number of rotatable bonds is 23. The van der Waals surface area contributed by atoms with E-state index in [0.717, 1.165) is 34.7 Å². The Balaban J connectivity index is 0.961. The number of guanidine groups is 1. The predicted molar refractivity (Wildman–Crippen MR) is 265 cm³/mol. The van der Waals surface area contributed by atoms with Crippen LogP contribution in [0.15, 0.2) is 102 Å². The Kier molecular flexibility index (Phi) is 18.8. The number of imide groups is 2. The molecule has 2 fully saturated rings. The number of nitrogens with two attached hydrogens (primary N) is 4. The van der Waals surface area contributed by atoms with Gasteiger partial charge in [0.05, 0.1) is 22.6 Å². The highest BCUT2D eigenvalue weighted by molar-refractivity contribution is 8.15. The van der Waals surface area contributed by atoms with Crippen LogP contribution in [-0.2, 0) is 59.2 Å². The molecule has 2 saturated heterocycles. The van der Waals surface area contributed by atoms with Gasteiger partial charge in [0.2, 0.25) is 23.6 Å². The number of nitrogens with one attached hydrogen (secondary N) is 4. The van der Waals surface area contributed by atoms with Crippen molar-refractivity contribution in [3.8, 4) is 23.0 Å². The van der Waals surface area contributed by atoms with E-state index in [1.807, 2.05) is 24.3 Å². The van der Waals surface area contributed by atoms with Crippen molar-refractivity contribution in [2.24, 2.45) is 27.9 Å². The van der Waals surface area contributed by atoms with Crippen LogP contribution in [-0.4, -0.2) is 99.0 Å². The van der Waals surface area contributed by atoms with E-state index in [4.69, 9.17) is 37.1 Å². The molecule has 23 heteroatoms. The number of hydrogen-bond acceptors (Lipinski definition) is 17. The molecule has 2 aliphatic rings. The fourth-order valence-electron chi connectivity index (χ4n) is 6.95. The van der Waals surface area contributed by atoms with Crippen molar-refractivity contribution in [3.05, 3.63) is 119 Å². The molecule has 6 atom stereocenters. The maximum Gasteiger partial charge on any atom is 0.337 e. The molecule has 6 unspecified atom stereocenters. The summed E-state index contributed by atoms with van der Waals surface area (Å²) >= 11 is 6.10. The van der Waals surface area contributed by atoms with E-state index in [1.54, 1.807) is 72.8 Å². The van der Waals surface area contributed by atoms with Crippen molar-refractivity contribution in [2.45, 2.75) is 73.2 Å². The van der Waals surface area contributed by atoms with Gasteiger partial charge in [-0.25, -0.2) is 9.59 Å². The highest BCUT2D eigenvalue weighted by atomic mass is 32.2. The van der Waals surface area contributed by atoms with Gasteiger partial charge in [-0.05, 0) is 109 Å². The van der Waals surface area contributed by atoms with Crippen LogP contribution in [0.3, 0.4) is 0 Å². The molecule has 0 radical (unpaired) electrons. The summed E-state index contributed by atoms with van der Waals surface area (Å²) in [7, 11) is 0. The summed E-state index contributed by atoms with van der Waals surface area (Å²) in [5.41, 5.74) is 26.4. The van der Waals surface area contributed by atoms with Gasteiger partial charge in [-0.15, -0.1) is 0 Å². The Morgan fingerprint density at radius 1 is 0.600 bits per heavy atom. The van der Waals surface area contributed by atoms with Crippen molar-refractivity contribution < 1.29 is 52.6 Å². The zero-order valence-corrected chi connectivity index (χ0v) is 39.9. The van der Waals surface area contributed by atoms with E-state index in [1.165, 1.54) is 0 Å². The lowest BCUT2D eigenvalue weighted by Crippen LogP contribution is -2.53. The van der Waals surface area contributed by atoms with Crippen LogP contribution in [0.1, 0.15) is 35.1 Å². The molecule has 6 amide bonds. The van der Waals surface area contributed by atoms with Gasteiger partial charge in [-0.3, -0.25) is 44.4 Å². The minimum atomic E-state index is -1.38. The Hall–Kier alpha value is -6.92. The van der Waals surface area contributed by atoms with Crippen LogP contribution >= 0.6 is 36.2 Å². The van der Waals surface area contributed by atoms with E-state index in [-0.39, 0.29) is 66.2 Å². The number of hydrogen-bond donors (Lipinski definition) is 9. The van der Waals surface area contributed by atoms with Crippen LogP contribution in [0.5, 0.6) is 23.0 Å². The van der Waals surface area contributed by atoms with E-state index < -0.39 is 58.4 Å². The molecule has 6 rings (SSSR count). The molecule has 0 spiro atoms. The second-order valence-corrected chi connectivity index (χ2v) is 18.8. The van der Waals surface area contributed by atoms with Gasteiger partial charge in [-0.1, -0.05) is 72.1 Å². The Labute approximate surface area is 415 Å². The second-order valence-electron chi connectivity index (χ2n) is 16.1. The number of esters is 2. The molecular weight excluding hydrogens is 963 g/mol. The van der Waals surface area contributed by atoms with Crippen molar-refractivity contribution in [1.29, 1.82) is 0 Å². The third-order valence-electron chi connectivity index (χ3n) is 10.7. The standard InChI is InChI=1S/C47H51N9O11S3/c48-33(20-25-3-11-29(12-4-25)65-31-15-7-27(8-16-31)22-37-41(59)55-46(63)69-37)39(57)53-35(2-1-19-52-45(50)51)43(61)67-44(62)36(24-68)54-40(58)34(49)21-26-5-13-30(14-6-26)66-32-17-9-28(10-18-32)23-38-42(60)56-47(64)70-38/h3-18,33-38,68H,1-2,19-24,48-49H2,(H,53,57)(H,54,58)(H4,50,51,52)(H,55,59,63)(H,56,60,64). The van der Waals surface area contributed by atoms with Gasteiger partial charge >= 0.3 is 11.9 Å². The monoisotopic (exact) mass is 1010 g/mol. The highest BCUT2D eigenvalue weighted by Gasteiger charge is 2.33. The molecule has 20 nitrogen and oxygen atoms in total. The summed E-state index contributed by atoms with van der Waals surface area (Å²) in [6, 6.07) is 23.0. The van der Waals surface area contributed by atoms with Gasteiger partial charge < -0.3 is 47.8 Å². The SMILES string of the molecule is NC(N)=NCCCC(NC(=O)C(N)Cc1ccc(Oc2ccc(CC3SC(=O)NC3=O)cc2)cc1)C(=O)OC(=O)C(CS)NC(=O)C(N)Cc1ccc(Oc2ccc(CC3SC(=O)NC3=O)cc2)cc1. The van der Waals surface area contributed by atoms with Gasteiger partial charge in [0.1, 0.15) is 35.1 Å². The van der Waals surface area contributed by atoms with E-state index in [2.05, 4.69) is 38.9 Å². The first kappa shape index (κ1) is 52.5. The molecule has 70 heavy (non-hydrogen) atoms. The first-order valence-corrected chi connectivity index (χ1v) is 24.2. The lowest BCUT2D eigenvalue weighted by Gasteiger charge is -2.22. The van der Waals surface area contributed by atoms with Crippen molar-refractivity contribution in [1.82, 2.24) is 21.3 Å². The Morgan fingerprint density at radius 3 is 1.33 bits per heavy atom. The minimum Gasteiger partial charge on any atom is -0.457 e. The Morgan fingerprint density at radius 2 is 0.971 bits per heavy atom. The quantitative estimate of drug-likeness (QED) is 0.0129. The van der Waals surface area contributed by atoms with Gasteiger partial charge in [0.25, 0.3) is 10.5 Å². The normalized spacial score (nSPS) is 17.0. The molecular formula is C47H51N9O11S3. The topological polar surface area (TPSA) is 329 Å². The number of carbonyl (C=O) groups excluding carboxylic acids is 8. The Bertz CT molecular complexity index is 2580. The zero-order valence-electron chi connectivity index (χ0n) is 37.4. The predicted octanol–water partition coefficient (Wildman–Crippen LogP) is 2.52. The minimum absolute atomic E-state index is 0.0349. The molecule has 0 aromatic heterocycles. The van der Waals surface area contributed by atoms with Gasteiger partial charge in [-0.2, -0.15) is 12.6 Å². The number of thioether (sulfide) groups is 2. The number of nitrogens with zero attached hydrogens (tertiary/aromatic N) is 1.